The molecule has 0 amide bonds. The van der Waals surface area contributed by atoms with Crippen molar-refractivity contribution >= 4 is 23.2 Å². The summed E-state index contributed by atoms with van der Waals surface area (Å²) in [6.07, 6.45) is -1.44. The van der Waals surface area contributed by atoms with E-state index < -0.39 is 53.4 Å². The van der Waals surface area contributed by atoms with Crippen molar-refractivity contribution in [1.82, 2.24) is 9.55 Å². The van der Waals surface area contributed by atoms with Crippen LogP contribution in [0.1, 0.15) is 24.6 Å². The maximum atomic E-state index is 11.8. The summed E-state index contributed by atoms with van der Waals surface area (Å²) in [7, 11) is -16.0. The molecule has 1 aliphatic heterocycles. The third-order valence-electron chi connectivity index (χ3n) is 3.28. The fourth-order valence-electron chi connectivity index (χ4n) is 2.23. The van der Waals surface area contributed by atoms with Gasteiger partial charge in [-0.1, -0.05) is 0 Å². The molecule has 0 aliphatic carbocycles. The molecule has 2 unspecified atom stereocenters. The lowest BCUT2D eigenvalue weighted by atomic mass is 10.3. The minimum absolute atomic E-state index is 0.158. The van der Waals surface area contributed by atoms with E-state index in [2.05, 4.69) is 13.6 Å². The molecule has 1 saturated heterocycles. The Labute approximate surface area is 156 Å². The average Bonchev–Trinajstić information content (AvgIpc) is 2.94. The summed E-state index contributed by atoms with van der Waals surface area (Å²) in [5.41, 5.74) is -1.03. The molecule has 0 radical (unpaired) electrons. The molecule has 5 N–H and O–H groups in total. The first-order chi connectivity index (χ1) is 12.7. The van der Waals surface area contributed by atoms with Crippen LogP contribution in [0.5, 0.6) is 0 Å². The van der Waals surface area contributed by atoms with Gasteiger partial charge in [0.25, 0.3) is 5.56 Å². The highest BCUT2D eigenvalue weighted by molar-refractivity contribution is 7.68. The predicted octanol–water partition coefficient (Wildman–Crippen LogP) is -0.134. The molecule has 160 valence electrons. The lowest BCUT2D eigenvalue weighted by Gasteiger charge is -2.19. The Morgan fingerprint density at radius 2 is 1.82 bits per heavy atom. The number of hydrogen-bond donors (Lipinski definition) is 5. The molecular formula is C10H17N2O13P3. The van der Waals surface area contributed by atoms with Crippen LogP contribution in [0.15, 0.2) is 15.8 Å². The minimum Gasteiger partial charge on any atom is -0.340 e. The van der Waals surface area contributed by atoms with Gasteiger partial charge in [-0.15, -0.1) is 0 Å². The van der Waals surface area contributed by atoms with Crippen LogP contribution in [0.2, 0.25) is 0 Å². The number of ether oxygens (including phenoxy) is 2. The molecule has 1 aromatic rings. The van der Waals surface area contributed by atoms with E-state index in [0.29, 0.717) is 0 Å². The number of aromatic nitrogens is 2. The SMILES string of the molecule is Cc1cn([C@H]2CC[C@@H](OCP(=O)(O)OP(=O)(O)OP(=O)(O)O)O2)c(=O)[nH]c1=O. The number of H-pyrrole nitrogens is 1. The van der Waals surface area contributed by atoms with Crippen LogP contribution in [0.3, 0.4) is 0 Å². The first-order valence-electron chi connectivity index (χ1n) is 7.39. The van der Waals surface area contributed by atoms with Crippen molar-refractivity contribution in [2.75, 3.05) is 6.35 Å². The summed E-state index contributed by atoms with van der Waals surface area (Å²) in [4.78, 5) is 60.8. The normalized spacial score (nSPS) is 24.6. The number of aryl methyl sites for hydroxylation is 1. The molecule has 1 aliphatic rings. The van der Waals surface area contributed by atoms with E-state index >= 15 is 0 Å². The molecule has 1 fully saturated rings. The van der Waals surface area contributed by atoms with Crippen LogP contribution in [0, 0.1) is 6.92 Å². The summed E-state index contributed by atoms with van der Waals surface area (Å²) in [5, 5.41) is 0. The van der Waals surface area contributed by atoms with Gasteiger partial charge in [0.15, 0.2) is 12.6 Å². The molecule has 0 saturated carbocycles. The Morgan fingerprint density at radius 3 is 2.43 bits per heavy atom. The van der Waals surface area contributed by atoms with Gasteiger partial charge in [0, 0.05) is 18.2 Å². The predicted molar refractivity (Wildman–Crippen MR) is 89.0 cm³/mol. The van der Waals surface area contributed by atoms with Crippen LogP contribution in [0.25, 0.3) is 0 Å². The Morgan fingerprint density at radius 1 is 1.18 bits per heavy atom. The molecule has 2 rings (SSSR count). The number of aromatic amines is 1. The molecule has 4 atom stereocenters. The Bertz CT molecular complexity index is 980. The number of phosphoric acid groups is 2. The summed E-state index contributed by atoms with van der Waals surface area (Å²) >= 11 is 0. The van der Waals surface area contributed by atoms with Crippen LogP contribution in [0.4, 0.5) is 0 Å². The second-order valence-corrected chi connectivity index (χ2v) is 10.4. The second kappa shape index (κ2) is 8.42. The molecule has 1 aromatic heterocycles. The number of nitrogens with zero attached hydrogens (tertiary/aromatic N) is 1. The number of rotatable bonds is 8. The van der Waals surface area contributed by atoms with Gasteiger partial charge >= 0.3 is 28.9 Å². The molecule has 0 aromatic carbocycles. The minimum atomic E-state index is -5.55. The van der Waals surface area contributed by atoms with E-state index in [1.165, 1.54) is 13.1 Å². The highest BCUT2D eigenvalue weighted by Gasteiger charge is 2.40. The van der Waals surface area contributed by atoms with Crippen LogP contribution >= 0.6 is 23.2 Å². The van der Waals surface area contributed by atoms with Crippen molar-refractivity contribution in [2.45, 2.75) is 32.3 Å². The van der Waals surface area contributed by atoms with Gasteiger partial charge < -0.3 is 29.0 Å². The van der Waals surface area contributed by atoms with Crippen molar-refractivity contribution in [1.29, 1.82) is 0 Å². The van der Waals surface area contributed by atoms with E-state index in [1.807, 2.05) is 0 Å². The molecular weight excluding hydrogens is 449 g/mol. The van der Waals surface area contributed by atoms with Gasteiger partial charge in [-0.25, -0.2) is 18.2 Å². The van der Waals surface area contributed by atoms with E-state index in [9.17, 15) is 28.2 Å². The van der Waals surface area contributed by atoms with Gasteiger partial charge in [0.05, 0.1) is 0 Å². The molecule has 0 spiro atoms. The summed E-state index contributed by atoms with van der Waals surface area (Å²) < 4.78 is 52.3. The van der Waals surface area contributed by atoms with Crippen molar-refractivity contribution in [3.05, 3.63) is 32.6 Å². The van der Waals surface area contributed by atoms with Gasteiger partial charge in [-0.2, -0.15) is 4.31 Å². The monoisotopic (exact) mass is 466 g/mol. The fraction of sp³-hybridized carbons (Fsp3) is 0.600. The summed E-state index contributed by atoms with van der Waals surface area (Å²) in [6.45, 7) is 1.48. The molecule has 28 heavy (non-hydrogen) atoms. The quantitative estimate of drug-likeness (QED) is 0.315. The van der Waals surface area contributed by atoms with E-state index in [-0.39, 0.29) is 18.4 Å². The highest BCUT2D eigenvalue weighted by Crippen LogP contribution is 2.66. The zero-order chi connectivity index (χ0) is 21.3. The van der Waals surface area contributed by atoms with E-state index in [1.54, 1.807) is 0 Å². The van der Waals surface area contributed by atoms with Gasteiger partial charge in [0.2, 0.25) is 0 Å². The summed E-state index contributed by atoms with van der Waals surface area (Å²) in [5.74, 6) is 0. The van der Waals surface area contributed by atoms with Crippen LogP contribution in [-0.4, -0.2) is 41.8 Å². The van der Waals surface area contributed by atoms with Crippen molar-refractivity contribution in [2.24, 2.45) is 0 Å². The molecule has 15 nitrogen and oxygen atoms in total. The second-order valence-electron chi connectivity index (χ2n) is 5.63. The van der Waals surface area contributed by atoms with Gasteiger partial charge in [-0.05, 0) is 13.3 Å². The number of nitrogens with one attached hydrogen (secondary N) is 1. The van der Waals surface area contributed by atoms with Crippen molar-refractivity contribution in [3.8, 4) is 0 Å². The number of hydrogen-bond acceptors (Lipinski definition) is 9. The third kappa shape index (κ3) is 6.83. The zero-order valence-electron chi connectivity index (χ0n) is 14.1. The van der Waals surface area contributed by atoms with E-state index in [4.69, 9.17) is 24.2 Å². The first-order valence-corrected chi connectivity index (χ1v) is 12.2. The summed E-state index contributed by atoms with van der Waals surface area (Å²) in [6, 6.07) is 0. The molecule has 0 bridgehead atoms. The Balaban J connectivity index is 1.95. The Hall–Kier alpha value is -0.950. The average molecular weight is 466 g/mol. The first kappa shape index (κ1) is 23.3. The van der Waals surface area contributed by atoms with Crippen molar-refractivity contribution < 1.29 is 51.4 Å². The maximum absolute atomic E-state index is 11.8. The zero-order valence-corrected chi connectivity index (χ0v) is 16.8. The topological polar surface area (TPSA) is 224 Å². The Kier molecular flexibility index (Phi) is 7.02. The maximum Gasteiger partial charge on any atom is 0.488 e. The molecule has 18 heteroatoms. The lowest BCUT2D eigenvalue weighted by molar-refractivity contribution is -0.142. The van der Waals surface area contributed by atoms with Crippen LogP contribution in [-0.2, 0) is 31.8 Å². The van der Waals surface area contributed by atoms with Crippen LogP contribution < -0.4 is 11.2 Å². The standard InChI is InChI=1S/C10H17N2O13P3/c1-6-4-12(10(14)11-9(6)13)7-2-3-8(23-7)22-5-26(15,16)24-28(20,21)25-27(17,18)19/h4,7-8H,2-3,5H2,1H3,(H,15,16)(H,20,21)(H,11,13,14)(H2,17,18,19)/t7-,8+/m1/s1. The van der Waals surface area contributed by atoms with E-state index in [0.717, 1.165) is 4.57 Å². The fourth-order valence-corrected chi connectivity index (χ4v) is 5.52. The molecule has 2 heterocycles. The third-order valence-corrected chi connectivity index (χ3v) is 7.28. The largest absolute Gasteiger partial charge is 0.488 e. The van der Waals surface area contributed by atoms with Crippen molar-refractivity contribution in [3.63, 3.8) is 0 Å². The van der Waals surface area contributed by atoms with Gasteiger partial charge in [0.1, 0.15) is 6.23 Å². The van der Waals surface area contributed by atoms with Gasteiger partial charge in [-0.3, -0.25) is 18.9 Å². The highest BCUT2D eigenvalue weighted by atomic mass is 31.3. The smallest absolute Gasteiger partial charge is 0.340 e. The lowest BCUT2D eigenvalue weighted by Crippen LogP contribution is -2.33.